The van der Waals surface area contributed by atoms with Crippen LogP contribution in [-0.4, -0.2) is 46.4 Å². The van der Waals surface area contributed by atoms with Crippen molar-refractivity contribution in [3.63, 3.8) is 0 Å². The minimum Gasteiger partial charge on any atom is -0.359 e. The largest absolute Gasteiger partial charge is 0.359 e. The fourth-order valence-corrected chi connectivity index (χ4v) is 3.41. The Hall–Kier alpha value is -3.20. The molecular formula is C18H16N4O4S. The Labute approximate surface area is 158 Å². The highest BCUT2D eigenvalue weighted by molar-refractivity contribution is 8.04. The van der Waals surface area contributed by atoms with Gasteiger partial charge < -0.3 is 10.6 Å². The number of hydrogen-bond acceptors (Lipinski definition) is 6. The number of thioether (sulfide) groups is 1. The van der Waals surface area contributed by atoms with Crippen molar-refractivity contribution in [3.8, 4) is 0 Å². The van der Waals surface area contributed by atoms with E-state index >= 15 is 0 Å². The summed E-state index contributed by atoms with van der Waals surface area (Å²) in [6.45, 7) is 0. The summed E-state index contributed by atoms with van der Waals surface area (Å²) in [6.07, 6.45) is 1.40. The highest BCUT2D eigenvalue weighted by atomic mass is 32.2. The second-order valence-electron chi connectivity index (χ2n) is 5.62. The second-order valence-corrected chi connectivity index (χ2v) is 6.75. The van der Waals surface area contributed by atoms with Crippen LogP contribution in [0.25, 0.3) is 0 Å². The molecule has 0 unspecified atom stereocenters. The van der Waals surface area contributed by atoms with Crippen LogP contribution in [0.4, 0.5) is 5.69 Å². The average Bonchev–Trinajstić information content (AvgIpc) is 3.12. The molecule has 2 amide bonds. The summed E-state index contributed by atoms with van der Waals surface area (Å²) in [4.78, 5) is 49.0. The molecule has 1 aromatic carbocycles. The van der Waals surface area contributed by atoms with Crippen molar-refractivity contribution in [1.29, 1.82) is 0 Å². The third kappa shape index (κ3) is 3.98. The molecule has 0 atom stereocenters. The van der Waals surface area contributed by atoms with Gasteiger partial charge in [0.2, 0.25) is 17.5 Å². The maximum Gasteiger partial charge on any atom is 0.274 e. The van der Waals surface area contributed by atoms with E-state index in [4.69, 9.17) is 0 Å². The van der Waals surface area contributed by atoms with Gasteiger partial charge in [0, 0.05) is 31.0 Å². The number of Topliss-reactive ketones (excluding diaryl/α,β-unsaturated/α-hetero) is 1. The van der Waals surface area contributed by atoms with E-state index in [1.165, 1.54) is 13.1 Å². The number of allylic oxidation sites excluding steroid dienone is 2. The lowest BCUT2D eigenvalue weighted by Crippen LogP contribution is -2.21. The van der Waals surface area contributed by atoms with Crippen LogP contribution in [-0.2, 0) is 4.79 Å². The molecule has 0 spiro atoms. The number of anilines is 1. The van der Waals surface area contributed by atoms with Gasteiger partial charge in [-0.2, -0.15) is 5.10 Å². The van der Waals surface area contributed by atoms with Crippen molar-refractivity contribution in [2.45, 2.75) is 6.42 Å². The smallest absolute Gasteiger partial charge is 0.274 e. The molecule has 8 nitrogen and oxygen atoms in total. The molecular weight excluding hydrogens is 368 g/mol. The van der Waals surface area contributed by atoms with Gasteiger partial charge in [0.15, 0.2) is 0 Å². The molecule has 0 bridgehead atoms. The van der Waals surface area contributed by atoms with E-state index in [0.29, 0.717) is 11.4 Å². The SMILES string of the molecule is CNC(=O)CCSC1=CC(=O)c2n[nH]c(C(=O)Nc3ccccc3)c2C1=O. The Kier molecular flexibility index (Phi) is 5.51. The van der Waals surface area contributed by atoms with Crippen LogP contribution >= 0.6 is 11.8 Å². The van der Waals surface area contributed by atoms with Gasteiger partial charge in [0.25, 0.3) is 5.91 Å². The van der Waals surface area contributed by atoms with Crippen LogP contribution < -0.4 is 10.6 Å². The lowest BCUT2D eigenvalue weighted by molar-refractivity contribution is -0.120. The van der Waals surface area contributed by atoms with Crippen LogP contribution in [0.5, 0.6) is 0 Å². The van der Waals surface area contributed by atoms with Gasteiger partial charge in [0.05, 0.1) is 10.5 Å². The number of hydrogen-bond donors (Lipinski definition) is 3. The molecule has 3 rings (SSSR count). The molecule has 1 aliphatic rings. The van der Waals surface area contributed by atoms with Crippen molar-refractivity contribution in [2.75, 3.05) is 18.1 Å². The minimum atomic E-state index is -0.562. The Morgan fingerprint density at radius 3 is 2.63 bits per heavy atom. The maximum atomic E-state index is 12.8. The Balaban J connectivity index is 1.80. The van der Waals surface area contributed by atoms with E-state index in [2.05, 4.69) is 20.8 Å². The molecule has 1 aromatic heterocycles. The average molecular weight is 384 g/mol. The minimum absolute atomic E-state index is 0.0432. The number of nitrogens with zero attached hydrogens (tertiary/aromatic N) is 1. The van der Waals surface area contributed by atoms with Crippen molar-refractivity contribution in [1.82, 2.24) is 15.5 Å². The molecule has 0 aliphatic heterocycles. The first-order valence-corrected chi connectivity index (χ1v) is 9.08. The number of benzene rings is 1. The van der Waals surface area contributed by atoms with Crippen molar-refractivity contribution in [3.05, 3.63) is 58.3 Å². The molecule has 0 fully saturated rings. The summed E-state index contributed by atoms with van der Waals surface area (Å²) in [5, 5.41) is 11.5. The van der Waals surface area contributed by atoms with Gasteiger partial charge >= 0.3 is 0 Å². The van der Waals surface area contributed by atoms with Gasteiger partial charge in [0.1, 0.15) is 11.4 Å². The van der Waals surface area contributed by atoms with Gasteiger partial charge in [-0.1, -0.05) is 18.2 Å². The summed E-state index contributed by atoms with van der Waals surface area (Å²) in [6, 6.07) is 8.73. The van der Waals surface area contributed by atoms with Gasteiger partial charge in [-0.15, -0.1) is 11.8 Å². The molecule has 1 heterocycles. The predicted molar refractivity (Wildman–Crippen MR) is 101 cm³/mol. The molecule has 2 aromatic rings. The quantitative estimate of drug-likeness (QED) is 0.698. The Morgan fingerprint density at radius 2 is 1.93 bits per heavy atom. The van der Waals surface area contributed by atoms with E-state index in [1.54, 1.807) is 24.3 Å². The van der Waals surface area contributed by atoms with Crippen LogP contribution in [0.1, 0.15) is 37.8 Å². The van der Waals surface area contributed by atoms with E-state index < -0.39 is 17.5 Å². The van der Waals surface area contributed by atoms with E-state index in [9.17, 15) is 19.2 Å². The first-order chi connectivity index (χ1) is 13.0. The third-order valence-corrected chi connectivity index (χ3v) is 4.86. The fourth-order valence-electron chi connectivity index (χ4n) is 2.48. The summed E-state index contributed by atoms with van der Waals surface area (Å²) in [7, 11) is 1.52. The number of ketones is 2. The normalized spacial score (nSPS) is 13.0. The Bertz CT molecular complexity index is 950. The maximum absolute atomic E-state index is 12.8. The van der Waals surface area contributed by atoms with Gasteiger partial charge in [-0.25, -0.2) is 0 Å². The van der Waals surface area contributed by atoms with Crippen LogP contribution in [0.15, 0.2) is 41.3 Å². The molecule has 3 N–H and O–H groups in total. The lowest BCUT2D eigenvalue weighted by Gasteiger charge is -2.12. The molecule has 0 radical (unpaired) electrons. The highest BCUT2D eigenvalue weighted by Crippen LogP contribution is 2.30. The summed E-state index contributed by atoms with van der Waals surface area (Å²) < 4.78 is 0. The molecule has 138 valence electrons. The second kappa shape index (κ2) is 8.00. The zero-order chi connectivity index (χ0) is 19.4. The zero-order valence-corrected chi connectivity index (χ0v) is 15.2. The topological polar surface area (TPSA) is 121 Å². The van der Waals surface area contributed by atoms with Gasteiger partial charge in [-0.3, -0.25) is 24.3 Å². The number of para-hydroxylation sites is 1. The van der Waals surface area contributed by atoms with Crippen molar-refractivity contribution >= 4 is 40.8 Å². The van der Waals surface area contributed by atoms with Crippen LogP contribution in [0.3, 0.4) is 0 Å². The van der Waals surface area contributed by atoms with E-state index in [-0.39, 0.29) is 34.2 Å². The highest BCUT2D eigenvalue weighted by Gasteiger charge is 2.33. The number of carbonyl (C=O) groups excluding carboxylic acids is 4. The third-order valence-electron chi connectivity index (χ3n) is 3.84. The molecule has 0 saturated heterocycles. The number of H-pyrrole nitrogens is 1. The number of aromatic nitrogens is 2. The number of rotatable bonds is 6. The molecule has 9 heteroatoms. The predicted octanol–water partition coefficient (Wildman–Crippen LogP) is 1.79. The number of amides is 2. The first kappa shape index (κ1) is 18.6. The summed E-state index contributed by atoms with van der Waals surface area (Å²) in [5.41, 5.74) is 0.369. The van der Waals surface area contributed by atoms with Crippen molar-refractivity contribution < 1.29 is 19.2 Å². The fraction of sp³-hybridized carbons (Fsp3) is 0.167. The summed E-state index contributed by atoms with van der Waals surface area (Å²) >= 11 is 1.10. The monoisotopic (exact) mass is 384 g/mol. The number of nitrogens with one attached hydrogen (secondary N) is 3. The molecule has 0 saturated carbocycles. The number of fused-ring (bicyclic) bond motifs is 1. The molecule has 27 heavy (non-hydrogen) atoms. The standard InChI is InChI=1S/C18H16N4O4S/c1-19-13(24)7-8-27-12-9-11(23)15-14(17(12)25)16(22-21-15)18(26)20-10-5-3-2-4-6-10/h2-6,9H,7-8H2,1H3,(H,19,24)(H,20,26)(H,21,22). The van der Waals surface area contributed by atoms with Gasteiger partial charge in [-0.05, 0) is 12.1 Å². The Morgan fingerprint density at radius 1 is 1.19 bits per heavy atom. The van der Waals surface area contributed by atoms with E-state index in [1.807, 2.05) is 6.07 Å². The lowest BCUT2D eigenvalue weighted by atomic mass is 9.99. The van der Waals surface area contributed by atoms with Crippen LogP contribution in [0, 0.1) is 0 Å². The van der Waals surface area contributed by atoms with Crippen LogP contribution in [0.2, 0.25) is 0 Å². The zero-order valence-electron chi connectivity index (χ0n) is 14.4. The van der Waals surface area contributed by atoms with Crippen molar-refractivity contribution in [2.24, 2.45) is 0 Å². The first-order valence-electron chi connectivity index (χ1n) is 8.10. The van der Waals surface area contributed by atoms with E-state index in [0.717, 1.165) is 11.8 Å². The number of aromatic amines is 1. The number of carbonyl (C=O) groups is 4. The molecule has 1 aliphatic carbocycles. The summed E-state index contributed by atoms with van der Waals surface area (Å²) in [5.74, 6) is -1.30.